The van der Waals surface area contributed by atoms with Crippen LogP contribution in [-0.4, -0.2) is 80.9 Å². The fourth-order valence-electron chi connectivity index (χ4n) is 8.08. The number of benzene rings is 2. The van der Waals surface area contributed by atoms with Crippen LogP contribution in [-0.2, 0) is 37.3 Å². The lowest BCUT2D eigenvalue weighted by Gasteiger charge is -2.36. The number of aromatic nitrogens is 4. The predicted octanol–water partition coefficient (Wildman–Crippen LogP) is 6.02. The number of nitrogens with one attached hydrogen (secondary N) is 4. The minimum Gasteiger partial charge on any atom is -0.381 e. The lowest BCUT2D eigenvalue weighted by atomic mass is 9.96. The van der Waals surface area contributed by atoms with Gasteiger partial charge in [-0.3, -0.25) is 14.5 Å². The molecule has 0 bridgehead atoms. The summed E-state index contributed by atoms with van der Waals surface area (Å²) in [5, 5.41) is 19.0. The molecule has 2 amide bonds. The van der Waals surface area contributed by atoms with Crippen LogP contribution in [0.3, 0.4) is 0 Å². The van der Waals surface area contributed by atoms with Gasteiger partial charge < -0.3 is 26.0 Å². The molecule has 12 heteroatoms. The average Bonchev–Trinajstić information content (AvgIpc) is 3.63. The number of hydrogen-bond acceptors (Lipinski definition) is 9. The number of carbonyl (C=O) groups is 2. The molecular formula is C44H55N9O3. The van der Waals surface area contributed by atoms with Gasteiger partial charge in [-0.25, -0.2) is 14.6 Å². The second-order valence-electron chi connectivity index (χ2n) is 15.3. The van der Waals surface area contributed by atoms with Gasteiger partial charge in [0.2, 0.25) is 0 Å². The molecule has 0 aliphatic carbocycles. The van der Waals surface area contributed by atoms with Crippen LogP contribution < -0.4 is 21.3 Å². The van der Waals surface area contributed by atoms with E-state index < -0.39 is 0 Å². The minimum absolute atomic E-state index is 0.171. The molecule has 0 spiro atoms. The van der Waals surface area contributed by atoms with E-state index in [2.05, 4.69) is 107 Å². The molecule has 3 aromatic heterocycles. The van der Waals surface area contributed by atoms with Crippen LogP contribution in [0.5, 0.6) is 0 Å². The Hall–Kier alpha value is -5.17. The standard InChI is InChI=1S/C44H55N9O3/c1-6-38-36(41(49-34-16-18-56-19-17-34)37-24-47-53(7-2)42(37)51-38)23-46-44(55)40-13-9-12-39(50-40)43(54)45-22-31-15-14-28(3)35(21-31)33-11-8-10-32(20-33)27-52-25-29(4)48-30(5)26-52/h8-15,20-21,24,29-30,34,48H,6-7,16-19,22-23,25-27H2,1-5H3,(H,45,54)(H,46,55)(H,49,51)/t29-,30+. The Morgan fingerprint density at radius 1 is 0.875 bits per heavy atom. The van der Waals surface area contributed by atoms with Crippen LogP contribution in [0, 0.1) is 6.92 Å². The molecule has 12 nitrogen and oxygen atoms in total. The average molecular weight is 758 g/mol. The summed E-state index contributed by atoms with van der Waals surface area (Å²) in [6.07, 6.45) is 4.34. The minimum atomic E-state index is -0.366. The smallest absolute Gasteiger partial charge is 0.270 e. The molecule has 5 heterocycles. The maximum atomic E-state index is 13.6. The van der Waals surface area contributed by atoms with E-state index in [0.29, 0.717) is 44.8 Å². The number of anilines is 1. The van der Waals surface area contributed by atoms with Crippen molar-refractivity contribution in [1.29, 1.82) is 0 Å². The fourth-order valence-corrected chi connectivity index (χ4v) is 8.08. The largest absolute Gasteiger partial charge is 0.381 e. The highest BCUT2D eigenvalue weighted by atomic mass is 16.5. The zero-order valence-electron chi connectivity index (χ0n) is 33.3. The van der Waals surface area contributed by atoms with Crippen molar-refractivity contribution in [2.24, 2.45) is 0 Å². The lowest BCUT2D eigenvalue weighted by molar-refractivity contribution is 0.0904. The van der Waals surface area contributed by atoms with E-state index in [4.69, 9.17) is 9.72 Å². The van der Waals surface area contributed by atoms with E-state index in [9.17, 15) is 9.59 Å². The Morgan fingerprint density at radius 2 is 1.59 bits per heavy atom. The summed E-state index contributed by atoms with van der Waals surface area (Å²) in [5.41, 5.74) is 9.70. The van der Waals surface area contributed by atoms with Crippen LogP contribution in [0.15, 0.2) is 66.9 Å². The normalized spacial score (nSPS) is 17.9. The molecule has 2 aliphatic rings. The third kappa shape index (κ3) is 9.09. The van der Waals surface area contributed by atoms with E-state index in [-0.39, 0.29) is 35.8 Å². The molecule has 2 fully saturated rings. The van der Waals surface area contributed by atoms with E-state index >= 15 is 0 Å². The number of aryl methyl sites for hydroxylation is 3. The highest BCUT2D eigenvalue weighted by molar-refractivity contribution is 5.97. The molecule has 0 unspecified atom stereocenters. The van der Waals surface area contributed by atoms with E-state index in [1.165, 1.54) is 11.1 Å². The first-order valence-corrected chi connectivity index (χ1v) is 20.1. The van der Waals surface area contributed by atoms with Crippen LogP contribution in [0.2, 0.25) is 0 Å². The van der Waals surface area contributed by atoms with Gasteiger partial charge >= 0.3 is 0 Å². The molecule has 0 saturated carbocycles. The third-order valence-electron chi connectivity index (χ3n) is 10.8. The number of carbonyl (C=O) groups excluding carboxylic acids is 2. The fraction of sp³-hybridized carbons (Fsp3) is 0.432. The predicted molar refractivity (Wildman–Crippen MR) is 221 cm³/mol. The van der Waals surface area contributed by atoms with Crippen molar-refractivity contribution in [3.05, 3.63) is 106 Å². The summed E-state index contributed by atoms with van der Waals surface area (Å²) in [6, 6.07) is 21.2. The molecular weight excluding hydrogens is 703 g/mol. The van der Waals surface area contributed by atoms with Gasteiger partial charge in [-0.2, -0.15) is 5.10 Å². The maximum absolute atomic E-state index is 13.6. The number of amides is 2. The van der Waals surface area contributed by atoms with Crippen LogP contribution in [0.1, 0.15) is 89.5 Å². The van der Waals surface area contributed by atoms with Gasteiger partial charge in [0.15, 0.2) is 5.65 Å². The molecule has 2 saturated heterocycles. The molecule has 2 aromatic carbocycles. The molecule has 2 atom stereocenters. The third-order valence-corrected chi connectivity index (χ3v) is 10.8. The van der Waals surface area contributed by atoms with E-state index in [1.807, 2.05) is 16.9 Å². The summed E-state index contributed by atoms with van der Waals surface area (Å²) in [4.78, 5) is 38.9. The number of piperazine rings is 1. The second-order valence-corrected chi connectivity index (χ2v) is 15.3. The van der Waals surface area contributed by atoms with Gasteiger partial charge in [0.1, 0.15) is 11.4 Å². The Bertz CT molecular complexity index is 2170. The molecule has 2 aliphatic heterocycles. The van der Waals surface area contributed by atoms with Gasteiger partial charge in [0.05, 0.1) is 17.3 Å². The first-order valence-electron chi connectivity index (χ1n) is 20.1. The first-order chi connectivity index (χ1) is 27.2. The van der Waals surface area contributed by atoms with E-state index in [0.717, 1.165) is 77.1 Å². The summed E-state index contributed by atoms with van der Waals surface area (Å²) < 4.78 is 7.51. The quantitative estimate of drug-likeness (QED) is 0.114. The summed E-state index contributed by atoms with van der Waals surface area (Å²) in [5.74, 6) is -0.712. The highest BCUT2D eigenvalue weighted by Gasteiger charge is 2.24. The van der Waals surface area contributed by atoms with Gasteiger partial charge in [0, 0.05) is 81.9 Å². The van der Waals surface area contributed by atoms with Crippen molar-refractivity contribution >= 4 is 28.5 Å². The van der Waals surface area contributed by atoms with Gasteiger partial charge in [-0.1, -0.05) is 43.3 Å². The maximum Gasteiger partial charge on any atom is 0.270 e. The SMILES string of the molecule is CCc1nc2c(cnn2CC)c(NC2CCOCC2)c1CNC(=O)c1cccc(C(=O)NCc2ccc(C)c(-c3cccc(CN4C[C@@H](C)N[C@@H](C)C4)c3)c2)n1. The molecule has 294 valence electrons. The van der Waals surface area contributed by atoms with E-state index in [1.54, 1.807) is 18.2 Å². The Kier molecular flexibility index (Phi) is 12.4. The van der Waals surface area contributed by atoms with Gasteiger partial charge in [0.25, 0.3) is 11.8 Å². The first kappa shape index (κ1) is 39.1. The molecule has 7 rings (SSSR count). The van der Waals surface area contributed by atoms with Gasteiger partial charge in [-0.05, 0) is 99.0 Å². The summed E-state index contributed by atoms with van der Waals surface area (Å²) in [6.45, 7) is 16.4. The number of ether oxygens (including phenoxy) is 1. The van der Waals surface area contributed by atoms with Crippen molar-refractivity contribution in [1.82, 2.24) is 40.6 Å². The Balaban J connectivity index is 1.02. The van der Waals surface area contributed by atoms with Crippen LogP contribution in [0.4, 0.5) is 5.69 Å². The molecule has 56 heavy (non-hydrogen) atoms. The number of hydrogen-bond donors (Lipinski definition) is 4. The summed E-state index contributed by atoms with van der Waals surface area (Å²) >= 11 is 0. The van der Waals surface area contributed by atoms with Crippen molar-refractivity contribution in [2.45, 2.75) is 98.2 Å². The van der Waals surface area contributed by atoms with Crippen molar-refractivity contribution in [3.8, 4) is 11.1 Å². The lowest BCUT2D eigenvalue weighted by Crippen LogP contribution is -2.53. The Morgan fingerprint density at radius 3 is 2.30 bits per heavy atom. The number of nitrogens with zero attached hydrogens (tertiary/aromatic N) is 5. The molecule has 4 N–H and O–H groups in total. The second kappa shape index (κ2) is 17.7. The molecule has 5 aromatic rings. The molecule has 0 radical (unpaired) electrons. The van der Waals surface area contributed by atoms with Crippen molar-refractivity contribution in [3.63, 3.8) is 0 Å². The Labute approximate surface area is 329 Å². The highest BCUT2D eigenvalue weighted by Crippen LogP contribution is 2.31. The van der Waals surface area contributed by atoms with Crippen LogP contribution >= 0.6 is 0 Å². The van der Waals surface area contributed by atoms with Crippen molar-refractivity contribution in [2.75, 3.05) is 31.6 Å². The number of rotatable bonds is 13. The topological polar surface area (TPSA) is 138 Å². The van der Waals surface area contributed by atoms with Crippen LogP contribution in [0.25, 0.3) is 22.2 Å². The number of pyridine rings is 2. The number of fused-ring (bicyclic) bond motifs is 1. The van der Waals surface area contributed by atoms with Gasteiger partial charge in [-0.15, -0.1) is 0 Å². The zero-order valence-corrected chi connectivity index (χ0v) is 33.3. The monoisotopic (exact) mass is 757 g/mol. The van der Waals surface area contributed by atoms with Crippen molar-refractivity contribution < 1.29 is 14.3 Å². The summed E-state index contributed by atoms with van der Waals surface area (Å²) in [7, 11) is 0. The zero-order chi connectivity index (χ0) is 39.2.